The van der Waals surface area contributed by atoms with Crippen molar-refractivity contribution in [1.82, 2.24) is 0 Å². The molecule has 0 amide bonds. The molecule has 0 heterocycles. The second kappa shape index (κ2) is 6.76. The molecule has 2 N–H and O–H groups in total. The number of hydrogen-bond donors (Lipinski definition) is 1. The van der Waals surface area contributed by atoms with Gasteiger partial charge >= 0.3 is 0 Å². The quantitative estimate of drug-likeness (QED) is 0.785. The second-order valence-electron chi connectivity index (χ2n) is 3.03. The highest BCUT2D eigenvalue weighted by Crippen LogP contribution is 2.28. The number of hydrogen-bond acceptors (Lipinski definition) is 3. The minimum absolute atomic E-state index is 0.358. The van der Waals surface area contributed by atoms with Gasteiger partial charge in [-0.25, -0.2) is 0 Å². The fourth-order valence-electron chi connectivity index (χ4n) is 1.28. The maximum absolute atomic E-state index is 5.49. The number of rotatable bonds is 4. The van der Waals surface area contributed by atoms with Gasteiger partial charge in [0.2, 0.25) is 0 Å². The lowest BCUT2D eigenvalue weighted by Crippen LogP contribution is -1.98. The normalized spacial score (nSPS) is 9.19. The van der Waals surface area contributed by atoms with Crippen LogP contribution < -0.4 is 15.2 Å². The van der Waals surface area contributed by atoms with Crippen molar-refractivity contribution in [2.45, 2.75) is 13.8 Å². The molecule has 16 heavy (non-hydrogen) atoms. The summed E-state index contributed by atoms with van der Waals surface area (Å²) in [6, 6.07) is 5.64. The molecule has 0 aliphatic heterocycles. The smallest absolute Gasteiger partial charge is 0.162 e. The SMILES string of the molecule is CCOc1ccc(C#CCN)cc1OCC. The molecule has 0 radical (unpaired) electrons. The van der Waals surface area contributed by atoms with Gasteiger partial charge in [-0.3, -0.25) is 0 Å². The summed E-state index contributed by atoms with van der Waals surface area (Å²) in [4.78, 5) is 0. The van der Waals surface area contributed by atoms with Crippen LogP contribution in [-0.2, 0) is 0 Å². The Morgan fingerprint density at radius 3 is 2.44 bits per heavy atom. The third-order valence-electron chi connectivity index (χ3n) is 1.88. The molecule has 0 atom stereocenters. The van der Waals surface area contributed by atoms with Gasteiger partial charge in [0.25, 0.3) is 0 Å². The third-order valence-corrected chi connectivity index (χ3v) is 1.88. The van der Waals surface area contributed by atoms with Gasteiger partial charge in [-0.05, 0) is 32.0 Å². The van der Waals surface area contributed by atoms with Crippen LogP contribution in [-0.4, -0.2) is 19.8 Å². The summed E-state index contributed by atoms with van der Waals surface area (Å²) in [6.45, 7) is 5.46. The van der Waals surface area contributed by atoms with Gasteiger partial charge in [-0.2, -0.15) is 0 Å². The molecule has 1 aromatic carbocycles. The average molecular weight is 219 g/mol. The fourth-order valence-corrected chi connectivity index (χ4v) is 1.28. The van der Waals surface area contributed by atoms with E-state index < -0.39 is 0 Å². The lowest BCUT2D eigenvalue weighted by Gasteiger charge is -2.10. The molecule has 0 bridgehead atoms. The molecule has 0 fully saturated rings. The van der Waals surface area contributed by atoms with Crippen LogP contribution in [0.2, 0.25) is 0 Å². The van der Waals surface area contributed by atoms with Crippen LogP contribution in [0.3, 0.4) is 0 Å². The Morgan fingerprint density at radius 2 is 1.81 bits per heavy atom. The molecule has 3 heteroatoms. The zero-order valence-corrected chi connectivity index (χ0v) is 9.75. The van der Waals surface area contributed by atoms with E-state index >= 15 is 0 Å². The van der Waals surface area contributed by atoms with Crippen molar-refractivity contribution in [2.24, 2.45) is 5.73 Å². The summed E-state index contributed by atoms with van der Waals surface area (Å²) in [5.74, 6) is 7.25. The molecular weight excluding hydrogens is 202 g/mol. The molecular formula is C13H17NO2. The standard InChI is InChI=1S/C13H17NO2/c1-3-15-12-8-7-11(6-5-9-14)10-13(12)16-4-2/h7-8,10H,3-4,9,14H2,1-2H3. The van der Waals surface area contributed by atoms with E-state index in [1.807, 2.05) is 32.0 Å². The van der Waals surface area contributed by atoms with Gasteiger partial charge in [-0.1, -0.05) is 11.8 Å². The average Bonchev–Trinajstić information content (AvgIpc) is 2.30. The van der Waals surface area contributed by atoms with E-state index in [-0.39, 0.29) is 0 Å². The molecule has 0 spiro atoms. The monoisotopic (exact) mass is 219 g/mol. The molecule has 0 saturated carbocycles. The minimum Gasteiger partial charge on any atom is -0.490 e. The van der Waals surface area contributed by atoms with E-state index in [4.69, 9.17) is 15.2 Å². The van der Waals surface area contributed by atoms with Crippen LogP contribution >= 0.6 is 0 Å². The van der Waals surface area contributed by atoms with Gasteiger partial charge in [0.15, 0.2) is 11.5 Å². The van der Waals surface area contributed by atoms with Crippen molar-refractivity contribution in [3.8, 4) is 23.3 Å². The van der Waals surface area contributed by atoms with Crippen LogP contribution in [0.25, 0.3) is 0 Å². The maximum Gasteiger partial charge on any atom is 0.162 e. The predicted molar refractivity (Wildman–Crippen MR) is 64.7 cm³/mol. The zero-order chi connectivity index (χ0) is 11.8. The summed E-state index contributed by atoms with van der Waals surface area (Å²) in [5, 5.41) is 0. The Morgan fingerprint density at radius 1 is 1.12 bits per heavy atom. The van der Waals surface area contributed by atoms with Crippen molar-refractivity contribution >= 4 is 0 Å². The summed E-state index contributed by atoms with van der Waals surface area (Å²) in [5.41, 5.74) is 6.21. The maximum atomic E-state index is 5.49. The highest BCUT2D eigenvalue weighted by molar-refractivity contribution is 5.48. The van der Waals surface area contributed by atoms with Gasteiger partial charge in [0, 0.05) is 5.56 Å². The predicted octanol–water partition coefficient (Wildman–Crippen LogP) is 1.79. The van der Waals surface area contributed by atoms with E-state index in [9.17, 15) is 0 Å². The topological polar surface area (TPSA) is 44.5 Å². The lowest BCUT2D eigenvalue weighted by atomic mass is 10.2. The molecule has 86 valence electrons. The van der Waals surface area contributed by atoms with Crippen molar-refractivity contribution < 1.29 is 9.47 Å². The summed E-state index contributed by atoms with van der Waals surface area (Å²) in [6.07, 6.45) is 0. The second-order valence-corrected chi connectivity index (χ2v) is 3.03. The molecule has 0 unspecified atom stereocenters. The first-order valence-electron chi connectivity index (χ1n) is 5.40. The highest BCUT2D eigenvalue weighted by atomic mass is 16.5. The summed E-state index contributed by atoms with van der Waals surface area (Å²) in [7, 11) is 0. The largest absolute Gasteiger partial charge is 0.490 e. The molecule has 0 aliphatic rings. The van der Waals surface area contributed by atoms with Crippen molar-refractivity contribution in [2.75, 3.05) is 19.8 Å². The first-order valence-corrected chi connectivity index (χ1v) is 5.40. The van der Waals surface area contributed by atoms with E-state index in [0.29, 0.717) is 19.8 Å². The van der Waals surface area contributed by atoms with Gasteiger partial charge in [0.05, 0.1) is 19.8 Å². The van der Waals surface area contributed by atoms with Gasteiger partial charge < -0.3 is 15.2 Å². The third kappa shape index (κ3) is 3.48. The summed E-state index contributed by atoms with van der Waals surface area (Å²) < 4.78 is 10.9. The number of ether oxygens (including phenoxy) is 2. The molecule has 0 saturated heterocycles. The van der Waals surface area contributed by atoms with E-state index in [1.54, 1.807) is 0 Å². The molecule has 3 nitrogen and oxygen atoms in total. The molecule has 0 aromatic heterocycles. The van der Waals surface area contributed by atoms with E-state index in [0.717, 1.165) is 17.1 Å². The number of nitrogens with two attached hydrogens (primary N) is 1. The van der Waals surface area contributed by atoms with Gasteiger partial charge in [0.1, 0.15) is 0 Å². The first-order chi connectivity index (χ1) is 7.81. The van der Waals surface area contributed by atoms with Gasteiger partial charge in [-0.15, -0.1) is 0 Å². The van der Waals surface area contributed by atoms with Crippen molar-refractivity contribution in [3.63, 3.8) is 0 Å². The van der Waals surface area contributed by atoms with Crippen LogP contribution in [0, 0.1) is 11.8 Å². The van der Waals surface area contributed by atoms with E-state index in [2.05, 4.69) is 11.8 Å². The van der Waals surface area contributed by atoms with Crippen LogP contribution in [0.5, 0.6) is 11.5 Å². The first kappa shape index (κ1) is 12.4. The number of benzene rings is 1. The Hall–Kier alpha value is -1.66. The molecule has 1 aromatic rings. The Bertz CT molecular complexity index is 391. The Balaban J connectivity index is 2.96. The van der Waals surface area contributed by atoms with Crippen LogP contribution in [0.15, 0.2) is 18.2 Å². The zero-order valence-electron chi connectivity index (χ0n) is 9.75. The Labute approximate surface area is 96.6 Å². The minimum atomic E-state index is 0.358. The fraction of sp³-hybridized carbons (Fsp3) is 0.385. The summed E-state index contributed by atoms with van der Waals surface area (Å²) >= 11 is 0. The van der Waals surface area contributed by atoms with Crippen molar-refractivity contribution in [1.29, 1.82) is 0 Å². The molecule has 1 rings (SSSR count). The highest BCUT2D eigenvalue weighted by Gasteiger charge is 2.04. The molecule has 0 aliphatic carbocycles. The lowest BCUT2D eigenvalue weighted by molar-refractivity contribution is 0.287. The van der Waals surface area contributed by atoms with Crippen molar-refractivity contribution in [3.05, 3.63) is 23.8 Å². The van der Waals surface area contributed by atoms with E-state index in [1.165, 1.54) is 0 Å². The Kier molecular flexibility index (Phi) is 5.24. The van der Waals surface area contributed by atoms with Crippen LogP contribution in [0.1, 0.15) is 19.4 Å². The van der Waals surface area contributed by atoms with Crippen LogP contribution in [0.4, 0.5) is 0 Å².